The van der Waals surface area contributed by atoms with Gasteiger partial charge >= 0.3 is 12.1 Å². The quantitative estimate of drug-likeness (QED) is 0.149. The highest BCUT2D eigenvalue weighted by Crippen LogP contribution is 2.49. The predicted molar refractivity (Wildman–Crippen MR) is 272 cm³/mol. The zero-order chi connectivity index (χ0) is 52.5. The lowest BCUT2D eigenvalue weighted by Crippen LogP contribution is -2.59. The van der Waals surface area contributed by atoms with Crippen molar-refractivity contribution in [2.45, 2.75) is 204 Å². The third-order valence-electron chi connectivity index (χ3n) is 16.3. The van der Waals surface area contributed by atoms with E-state index < -0.39 is 109 Å². The molecular formula is C55H77Cl2NO15. The number of halogens is 2. The number of amides is 1. The zero-order valence-corrected chi connectivity index (χ0v) is 45.3. The van der Waals surface area contributed by atoms with Crippen molar-refractivity contribution in [1.29, 1.82) is 0 Å². The number of nitrogens with one attached hydrogen (secondary N) is 1. The third-order valence-corrected chi connectivity index (χ3v) is 17.0. The van der Waals surface area contributed by atoms with Gasteiger partial charge in [0.05, 0.1) is 59.4 Å². The highest BCUT2D eigenvalue weighted by molar-refractivity contribution is 6.42. The molecule has 6 heterocycles. The number of aliphatic hydroxyl groups excluding tert-OH is 1. The van der Waals surface area contributed by atoms with Gasteiger partial charge in [-0.3, -0.25) is 10.1 Å². The molecule has 1 aromatic rings. The van der Waals surface area contributed by atoms with Gasteiger partial charge in [-0.05, 0) is 87.3 Å². The lowest BCUT2D eigenvalue weighted by molar-refractivity contribution is -0.340. The number of fused-ring (bicyclic) bond motifs is 2. The first kappa shape index (κ1) is 56.3. The van der Waals surface area contributed by atoms with E-state index in [1.165, 1.54) is 6.07 Å². The van der Waals surface area contributed by atoms with E-state index in [-0.39, 0.29) is 29.6 Å². The summed E-state index contributed by atoms with van der Waals surface area (Å²) in [6.07, 6.45) is 4.65. The number of methoxy groups -OCH3 is 2. The Bertz CT molecular complexity index is 2240. The molecule has 0 radical (unpaired) electrons. The molecule has 20 atom stereocenters. The molecule has 406 valence electrons. The van der Waals surface area contributed by atoms with Gasteiger partial charge in [0.2, 0.25) is 0 Å². The van der Waals surface area contributed by atoms with Gasteiger partial charge in [0, 0.05) is 57.9 Å². The molecule has 1 amide bonds. The van der Waals surface area contributed by atoms with Crippen molar-refractivity contribution in [2.24, 2.45) is 23.7 Å². The summed E-state index contributed by atoms with van der Waals surface area (Å²) in [5, 5.41) is 26.9. The first-order valence-electron chi connectivity index (χ1n) is 26.2. The number of esters is 1. The molecule has 1 spiro atoms. The molecule has 6 aliphatic heterocycles. The Morgan fingerprint density at radius 3 is 2.38 bits per heavy atom. The number of hydrogen-bond acceptors (Lipinski definition) is 15. The molecule has 0 aromatic heterocycles. The molecule has 5 fully saturated rings. The number of aliphatic hydroxyl groups is 2. The summed E-state index contributed by atoms with van der Waals surface area (Å²) < 4.78 is 70.7. The van der Waals surface area contributed by atoms with E-state index in [1.807, 2.05) is 26.0 Å². The molecule has 18 heteroatoms. The number of rotatable bonds is 10. The summed E-state index contributed by atoms with van der Waals surface area (Å²) in [7, 11) is 3.21. The fraction of sp³-hybridized carbons (Fsp3) is 0.709. The Balaban J connectivity index is 1.10. The summed E-state index contributed by atoms with van der Waals surface area (Å²) in [4.78, 5) is 28.3. The Morgan fingerprint density at radius 1 is 0.932 bits per heavy atom. The molecule has 8 rings (SSSR count). The second kappa shape index (κ2) is 23.7. The number of ether oxygens (including phenoxy) is 11. The molecule has 1 aromatic carbocycles. The monoisotopic (exact) mass is 1060 g/mol. The Kier molecular flexibility index (Phi) is 18.3. The van der Waals surface area contributed by atoms with E-state index in [9.17, 15) is 19.8 Å². The first-order chi connectivity index (χ1) is 34.8. The van der Waals surface area contributed by atoms with Crippen LogP contribution < -0.4 is 5.32 Å². The minimum absolute atomic E-state index is 0.0540. The normalized spacial score (nSPS) is 43.6. The molecule has 16 nitrogen and oxygen atoms in total. The minimum Gasteiger partial charge on any atom is -0.462 e. The maximum absolute atomic E-state index is 14.8. The fourth-order valence-corrected chi connectivity index (χ4v) is 12.2. The molecule has 0 saturated carbocycles. The van der Waals surface area contributed by atoms with E-state index >= 15 is 0 Å². The Morgan fingerprint density at radius 2 is 1.66 bits per heavy atom. The van der Waals surface area contributed by atoms with Gasteiger partial charge in [-0.1, -0.05) is 87.7 Å². The number of allylic oxidation sites excluding steroid dienone is 2. The molecule has 7 aliphatic rings. The van der Waals surface area contributed by atoms with Gasteiger partial charge in [0.15, 0.2) is 24.5 Å². The lowest BCUT2D eigenvalue weighted by atomic mass is 9.70. The van der Waals surface area contributed by atoms with Crippen LogP contribution in [0.2, 0.25) is 10.0 Å². The highest BCUT2D eigenvalue weighted by atomic mass is 35.5. The average Bonchev–Trinajstić information content (AvgIpc) is 3.69. The molecule has 5 saturated heterocycles. The van der Waals surface area contributed by atoms with Gasteiger partial charge in [-0.2, -0.15) is 0 Å². The SMILES string of the molecule is CC[C@H](C)[C@H]1O[C@]2(CC[C@@H]1C)C[C@@H]1C[C@@H](C/C=C(\C)[C@@H](O[C@H]3C[C@H](OC)[C@@H](O[C@H]4C[C@H](OC)[C@@H](O)[C@H](C)O4)[C@H](C)O3)[C@@H](C)/C=C/C=C3\CO[C@@H]4[C@H](OC(=O)Nc5ccc(Cl)c(Cl)c5)C(C)=C[C@@H](C(=O)O1)[C@]34O)O2. The van der Waals surface area contributed by atoms with Crippen LogP contribution in [0.4, 0.5) is 10.5 Å². The van der Waals surface area contributed by atoms with Crippen molar-refractivity contribution in [2.75, 3.05) is 26.1 Å². The van der Waals surface area contributed by atoms with Crippen LogP contribution in [-0.2, 0) is 56.9 Å². The number of carbonyl (C=O) groups is 2. The maximum atomic E-state index is 14.8. The average molecular weight is 1060 g/mol. The van der Waals surface area contributed by atoms with Crippen molar-refractivity contribution >= 4 is 41.0 Å². The zero-order valence-electron chi connectivity index (χ0n) is 43.8. The molecule has 73 heavy (non-hydrogen) atoms. The highest BCUT2D eigenvalue weighted by Gasteiger charge is 2.61. The largest absolute Gasteiger partial charge is 0.462 e. The van der Waals surface area contributed by atoms with E-state index in [4.69, 9.17) is 75.3 Å². The predicted octanol–water partition coefficient (Wildman–Crippen LogP) is 9.16. The van der Waals surface area contributed by atoms with E-state index in [1.54, 1.807) is 52.4 Å². The van der Waals surface area contributed by atoms with Gasteiger partial charge in [0.1, 0.15) is 35.9 Å². The van der Waals surface area contributed by atoms with Crippen LogP contribution in [0.5, 0.6) is 0 Å². The van der Waals surface area contributed by atoms with E-state index in [0.717, 1.165) is 18.4 Å². The van der Waals surface area contributed by atoms with Gasteiger partial charge in [-0.25, -0.2) is 4.79 Å². The maximum Gasteiger partial charge on any atom is 0.412 e. The number of benzene rings is 1. The van der Waals surface area contributed by atoms with Gasteiger partial charge < -0.3 is 62.3 Å². The van der Waals surface area contributed by atoms with Crippen LogP contribution in [0.1, 0.15) is 107 Å². The fourth-order valence-electron chi connectivity index (χ4n) is 11.9. The van der Waals surface area contributed by atoms with E-state index in [0.29, 0.717) is 66.3 Å². The second-order valence-electron chi connectivity index (χ2n) is 21.5. The first-order valence-corrected chi connectivity index (χ1v) is 26.9. The van der Waals surface area contributed by atoms with Crippen molar-refractivity contribution in [3.63, 3.8) is 0 Å². The topological polar surface area (TPSA) is 188 Å². The van der Waals surface area contributed by atoms with Crippen molar-refractivity contribution in [3.8, 4) is 0 Å². The Hall–Kier alpha value is -2.94. The molecule has 2 bridgehead atoms. The molecular weight excluding hydrogens is 986 g/mol. The summed E-state index contributed by atoms with van der Waals surface area (Å²) in [5.41, 5.74) is 0.229. The van der Waals surface area contributed by atoms with Crippen LogP contribution in [0.15, 0.2) is 65.3 Å². The van der Waals surface area contributed by atoms with E-state index in [2.05, 4.69) is 39.1 Å². The minimum atomic E-state index is -1.98. The lowest BCUT2D eigenvalue weighted by Gasteiger charge is -2.51. The van der Waals surface area contributed by atoms with Gasteiger partial charge in [-0.15, -0.1) is 0 Å². The molecule has 1 aliphatic carbocycles. The van der Waals surface area contributed by atoms with Crippen molar-refractivity contribution in [3.05, 3.63) is 75.3 Å². The van der Waals surface area contributed by atoms with Crippen LogP contribution in [0.25, 0.3) is 0 Å². The summed E-state index contributed by atoms with van der Waals surface area (Å²) in [5.74, 6) is -2.51. The third kappa shape index (κ3) is 12.3. The van der Waals surface area contributed by atoms with Gasteiger partial charge in [0.25, 0.3) is 0 Å². The molecule has 0 unspecified atom stereocenters. The number of hydrogen-bond donors (Lipinski definition) is 3. The number of carbonyl (C=O) groups excluding carboxylic acids is 2. The number of anilines is 1. The van der Waals surface area contributed by atoms with Crippen LogP contribution in [0, 0.1) is 23.7 Å². The molecule has 3 N–H and O–H groups in total. The standard InChI is InChI=1S/C55H77Cl2NO15/c1-11-28(2)48-31(5)19-20-54(73-48)26-38-23-37(72-54)17-15-30(4)47(69-45-25-43(64-10)50(34(8)67-45)70-44-24-42(63-9)46(59)33(7)66-44)29(3)13-12-14-35-27-65-51-49(32(6)21-39(52(60)68-38)55(35,51)62)71-53(61)58-36-16-18-40(56)41(57)22-36/h12-16,18,21-22,28-29,31,33-34,37-39,42-51,59,62H,11,17,19-20,23-27H2,1-10H3,(H,58,61)/b13-12+,30-15+,35-14+/t28-,29-,31-,33-,34-,37+,38-,39-,42-,43-,44-,45-,46-,47-,48+,49+,50-,51+,54+,55+/m0/s1. The van der Waals surface area contributed by atoms with Crippen molar-refractivity contribution in [1.82, 2.24) is 0 Å². The summed E-state index contributed by atoms with van der Waals surface area (Å²) >= 11 is 12.3. The summed E-state index contributed by atoms with van der Waals surface area (Å²) in [6, 6.07) is 4.65. The second-order valence-corrected chi connectivity index (χ2v) is 22.3. The van der Waals surface area contributed by atoms with Crippen LogP contribution in [-0.4, -0.2) is 140 Å². The van der Waals surface area contributed by atoms with Crippen LogP contribution in [0.3, 0.4) is 0 Å². The van der Waals surface area contributed by atoms with Crippen LogP contribution >= 0.6 is 23.2 Å². The summed E-state index contributed by atoms with van der Waals surface area (Å²) in [6.45, 7) is 16.1. The Labute approximate surface area is 440 Å². The smallest absolute Gasteiger partial charge is 0.412 e. The van der Waals surface area contributed by atoms with Crippen molar-refractivity contribution < 1.29 is 71.9 Å².